The van der Waals surface area contributed by atoms with Crippen LogP contribution in [0.1, 0.15) is 13.3 Å². The Morgan fingerprint density at radius 1 is 1.38 bits per heavy atom. The molecule has 0 fully saturated rings. The van der Waals surface area contributed by atoms with Gasteiger partial charge in [-0.15, -0.1) is 0 Å². The predicted octanol–water partition coefficient (Wildman–Crippen LogP) is -0.507. The maximum Gasteiger partial charge on any atom is 0.325 e. The first-order chi connectivity index (χ1) is 7.15. The van der Waals surface area contributed by atoms with E-state index in [2.05, 4.69) is 0 Å². The second kappa shape index (κ2) is 5.95. The van der Waals surface area contributed by atoms with Crippen molar-refractivity contribution in [1.82, 2.24) is 5.06 Å². The van der Waals surface area contributed by atoms with Crippen LogP contribution in [0.5, 0.6) is 0 Å². The number of hydroxylamine groups is 2. The third kappa shape index (κ3) is 5.82. The van der Waals surface area contributed by atoms with Crippen LogP contribution in [-0.2, 0) is 14.2 Å². The van der Waals surface area contributed by atoms with E-state index in [0.717, 1.165) is 6.92 Å². The monoisotopic (exact) mass is 255 g/mol. The molecule has 0 saturated heterocycles. The molecule has 0 aliphatic rings. The zero-order valence-electron chi connectivity index (χ0n) is 8.61. The molecule has 0 spiro atoms. The van der Waals surface area contributed by atoms with Crippen LogP contribution in [0, 0.1) is 5.92 Å². The van der Waals surface area contributed by atoms with Gasteiger partial charge in [0.1, 0.15) is 5.92 Å². The molecule has 0 aliphatic carbocycles. The molecular weight excluding hydrogens is 241 g/mol. The van der Waals surface area contributed by atoms with Crippen LogP contribution < -0.4 is 0 Å². The Hall–Kier alpha value is -0.950. The summed E-state index contributed by atoms with van der Waals surface area (Å²) >= 11 is 0. The molecule has 0 aromatic carbocycles. The minimum absolute atomic E-state index is 0.112. The van der Waals surface area contributed by atoms with Crippen LogP contribution in [-0.4, -0.2) is 49.7 Å². The lowest BCUT2D eigenvalue weighted by molar-refractivity contribution is -0.174. The summed E-state index contributed by atoms with van der Waals surface area (Å²) in [5, 5.41) is 17.7. The van der Waals surface area contributed by atoms with Crippen molar-refractivity contribution in [2.45, 2.75) is 13.3 Å². The molecule has 8 nitrogen and oxygen atoms in total. The van der Waals surface area contributed by atoms with Crippen molar-refractivity contribution >= 4 is 19.5 Å². The molecule has 4 N–H and O–H groups in total. The lowest BCUT2D eigenvalue weighted by atomic mass is 10.1. The lowest BCUT2D eigenvalue weighted by Gasteiger charge is -2.17. The van der Waals surface area contributed by atoms with Gasteiger partial charge < -0.3 is 14.9 Å². The molecule has 16 heavy (non-hydrogen) atoms. The molecule has 0 saturated carbocycles. The van der Waals surface area contributed by atoms with Gasteiger partial charge in [0, 0.05) is 6.54 Å². The molecular formula is C7H14NO7P. The highest BCUT2D eigenvalue weighted by Crippen LogP contribution is 2.34. The van der Waals surface area contributed by atoms with Gasteiger partial charge in [-0.2, -0.15) is 0 Å². The summed E-state index contributed by atoms with van der Waals surface area (Å²) in [5.74, 6) is -3.78. The molecule has 0 rings (SSSR count). The quantitative estimate of drug-likeness (QED) is 0.217. The maximum atomic E-state index is 11.1. The Balaban J connectivity index is 4.07. The van der Waals surface area contributed by atoms with E-state index in [4.69, 9.17) is 20.1 Å². The van der Waals surface area contributed by atoms with Crippen molar-refractivity contribution in [1.29, 1.82) is 0 Å². The molecule has 94 valence electrons. The van der Waals surface area contributed by atoms with Gasteiger partial charge in [-0.05, 0) is 13.3 Å². The first-order valence-electron chi connectivity index (χ1n) is 4.43. The molecule has 1 atom stereocenters. The van der Waals surface area contributed by atoms with E-state index in [0.29, 0.717) is 0 Å². The first-order valence-corrected chi connectivity index (χ1v) is 6.22. The lowest BCUT2D eigenvalue weighted by Crippen LogP contribution is -2.36. The van der Waals surface area contributed by atoms with Gasteiger partial charge in [0.25, 0.3) is 5.91 Å². The topological polar surface area (TPSA) is 135 Å². The SMILES string of the molecule is CC(C(=O)O)C(=O)N(O)CCCP(=O)(O)O. The van der Waals surface area contributed by atoms with Crippen LogP contribution in [0.3, 0.4) is 0 Å². The van der Waals surface area contributed by atoms with Crippen LogP contribution in [0.2, 0.25) is 0 Å². The number of carboxylic acids is 1. The van der Waals surface area contributed by atoms with E-state index in [1.54, 1.807) is 0 Å². The van der Waals surface area contributed by atoms with E-state index < -0.39 is 31.6 Å². The van der Waals surface area contributed by atoms with Crippen molar-refractivity contribution in [2.24, 2.45) is 5.92 Å². The first kappa shape index (κ1) is 15.0. The van der Waals surface area contributed by atoms with Gasteiger partial charge >= 0.3 is 13.6 Å². The van der Waals surface area contributed by atoms with Crippen LogP contribution >= 0.6 is 7.60 Å². The van der Waals surface area contributed by atoms with Gasteiger partial charge in [-0.25, -0.2) is 5.06 Å². The van der Waals surface area contributed by atoms with Gasteiger partial charge in [0.05, 0.1) is 6.16 Å². The zero-order chi connectivity index (χ0) is 12.9. The molecule has 1 unspecified atom stereocenters. The Morgan fingerprint density at radius 2 is 1.88 bits per heavy atom. The molecule has 9 heteroatoms. The zero-order valence-corrected chi connectivity index (χ0v) is 9.50. The minimum Gasteiger partial charge on any atom is -0.481 e. The molecule has 0 aromatic heterocycles. The number of nitrogens with zero attached hydrogens (tertiary/aromatic N) is 1. The Kier molecular flexibility index (Phi) is 5.60. The highest BCUT2D eigenvalue weighted by Gasteiger charge is 2.25. The Morgan fingerprint density at radius 3 is 2.25 bits per heavy atom. The Bertz CT molecular complexity index is 312. The van der Waals surface area contributed by atoms with E-state index >= 15 is 0 Å². The van der Waals surface area contributed by atoms with E-state index in [1.165, 1.54) is 0 Å². The number of aliphatic carboxylic acids is 1. The molecule has 0 bridgehead atoms. The van der Waals surface area contributed by atoms with Crippen LogP contribution in [0.4, 0.5) is 0 Å². The van der Waals surface area contributed by atoms with Crippen molar-refractivity contribution in [3.8, 4) is 0 Å². The van der Waals surface area contributed by atoms with Crippen molar-refractivity contribution in [2.75, 3.05) is 12.7 Å². The summed E-state index contributed by atoms with van der Waals surface area (Å²) in [4.78, 5) is 38.5. The second-order valence-electron chi connectivity index (χ2n) is 3.26. The molecule has 0 aromatic rings. The summed E-state index contributed by atoms with van der Waals surface area (Å²) < 4.78 is 10.4. The summed E-state index contributed by atoms with van der Waals surface area (Å²) in [6.45, 7) is 0.790. The van der Waals surface area contributed by atoms with Gasteiger partial charge in [0.15, 0.2) is 0 Å². The molecule has 0 heterocycles. The number of carbonyl (C=O) groups is 2. The van der Waals surface area contributed by atoms with Crippen LogP contribution in [0.15, 0.2) is 0 Å². The third-order valence-electron chi connectivity index (χ3n) is 1.81. The van der Waals surface area contributed by atoms with E-state index in [9.17, 15) is 14.2 Å². The predicted molar refractivity (Wildman–Crippen MR) is 51.8 cm³/mol. The number of amides is 1. The molecule has 1 amide bonds. The summed E-state index contributed by atoms with van der Waals surface area (Å²) in [6, 6.07) is 0. The fraction of sp³-hybridized carbons (Fsp3) is 0.714. The molecule has 0 aliphatic heterocycles. The third-order valence-corrected chi connectivity index (χ3v) is 2.71. The smallest absolute Gasteiger partial charge is 0.325 e. The number of carbonyl (C=O) groups excluding carboxylic acids is 1. The maximum absolute atomic E-state index is 11.1. The highest BCUT2D eigenvalue weighted by atomic mass is 31.2. The summed E-state index contributed by atoms with van der Waals surface area (Å²) in [5.41, 5.74) is 0. The fourth-order valence-corrected chi connectivity index (χ4v) is 1.42. The summed E-state index contributed by atoms with van der Waals surface area (Å²) in [7, 11) is -4.16. The number of hydrogen-bond donors (Lipinski definition) is 4. The van der Waals surface area contributed by atoms with Crippen LogP contribution in [0.25, 0.3) is 0 Å². The largest absolute Gasteiger partial charge is 0.481 e. The highest BCUT2D eigenvalue weighted by molar-refractivity contribution is 7.51. The van der Waals surface area contributed by atoms with Crippen molar-refractivity contribution in [3.63, 3.8) is 0 Å². The van der Waals surface area contributed by atoms with Gasteiger partial charge in [-0.1, -0.05) is 0 Å². The molecule has 0 radical (unpaired) electrons. The Labute approximate surface area is 91.6 Å². The average Bonchev–Trinajstić information content (AvgIpc) is 2.13. The van der Waals surface area contributed by atoms with Gasteiger partial charge in [0.2, 0.25) is 0 Å². The minimum atomic E-state index is -4.16. The van der Waals surface area contributed by atoms with E-state index in [-0.39, 0.29) is 18.0 Å². The standard InChI is InChI=1S/C7H14NO7P/c1-5(7(10)11)6(9)8(12)3-2-4-16(13,14)15/h5,12H,2-4H2,1H3,(H,10,11)(H2,13,14,15). The fourth-order valence-electron chi connectivity index (χ4n) is 0.866. The van der Waals surface area contributed by atoms with Gasteiger partial charge in [-0.3, -0.25) is 19.4 Å². The second-order valence-corrected chi connectivity index (χ2v) is 5.04. The van der Waals surface area contributed by atoms with Crippen molar-refractivity contribution in [3.05, 3.63) is 0 Å². The van der Waals surface area contributed by atoms with Crippen molar-refractivity contribution < 1.29 is 34.3 Å². The summed E-state index contributed by atoms with van der Waals surface area (Å²) in [6.07, 6.45) is -0.586. The number of hydrogen-bond acceptors (Lipinski definition) is 4. The number of carboxylic acid groups (broad SMARTS) is 1. The average molecular weight is 255 g/mol. The number of rotatable bonds is 6. The normalized spacial score (nSPS) is 13.2. The van der Waals surface area contributed by atoms with E-state index in [1.807, 2.05) is 0 Å².